The molecular formula is C14H24N4O6. The molecule has 1 aromatic rings. The first-order valence-corrected chi connectivity index (χ1v) is 8.01. The lowest BCUT2D eigenvalue weighted by Crippen LogP contribution is -2.61. The van der Waals surface area contributed by atoms with Crippen molar-refractivity contribution in [2.24, 2.45) is 0 Å². The van der Waals surface area contributed by atoms with Gasteiger partial charge in [-0.05, 0) is 19.3 Å². The van der Waals surface area contributed by atoms with Gasteiger partial charge in [0, 0.05) is 12.7 Å². The smallest absolute Gasteiger partial charge is 0.252 e. The van der Waals surface area contributed by atoms with Crippen LogP contribution in [0.25, 0.3) is 0 Å². The Labute approximate surface area is 138 Å². The number of nitrogens with one attached hydrogen (secondary N) is 2. The summed E-state index contributed by atoms with van der Waals surface area (Å²) in [6.45, 7) is 0.393. The lowest BCUT2D eigenvalue weighted by atomic mass is 9.98. The highest BCUT2D eigenvalue weighted by molar-refractivity contribution is 5.81. The molecule has 1 aliphatic rings. The average Bonchev–Trinajstić information content (AvgIpc) is 3.08. The molecule has 136 valence electrons. The number of aromatic amines is 1. The third-order valence-corrected chi connectivity index (χ3v) is 3.97. The van der Waals surface area contributed by atoms with Gasteiger partial charge < -0.3 is 30.5 Å². The molecule has 1 aliphatic heterocycles. The molecule has 10 nitrogen and oxygen atoms in total. The van der Waals surface area contributed by atoms with E-state index in [9.17, 15) is 25.2 Å². The minimum atomic E-state index is -1.71. The highest BCUT2D eigenvalue weighted by Crippen LogP contribution is 2.19. The number of amides is 1. The van der Waals surface area contributed by atoms with Crippen LogP contribution < -0.4 is 5.32 Å². The van der Waals surface area contributed by atoms with E-state index in [0.717, 1.165) is 37.8 Å². The van der Waals surface area contributed by atoms with Gasteiger partial charge in [-0.25, -0.2) is 0 Å². The van der Waals surface area contributed by atoms with Gasteiger partial charge in [0.15, 0.2) is 12.4 Å². The Hall–Kier alpha value is -1.59. The second-order valence-electron chi connectivity index (χ2n) is 5.84. The number of aromatic nitrogens is 3. The van der Waals surface area contributed by atoms with Crippen molar-refractivity contribution in [2.75, 3.05) is 6.54 Å². The predicted octanol–water partition coefficient (Wildman–Crippen LogP) is -2.18. The van der Waals surface area contributed by atoms with Crippen molar-refractivity contribution in [1.29, 1.82) is 0 Å². The van der Waals surface area contributed by atoms with Crippen LogP contribution in [-0.2, 0) is 16.0 Å². The predicted molar refractivity (Wildman–Crippen MR) is 80.5 cm³/mol. The van der Waals surface area contributed by atoms with Crippen LogP contribution in [0.1, 0.15) is 31.4 Å². The van der Waals surface area contributed by atoms with Crippen LogP contribution in [0.5, 0.6) is 0 Å². The zero-order chi connectivity index (χ0) is 17.5. The molecule has 1 aromatic heterocycles. The van der Waals surface area contributed by atoms with Crippen molar-refractivity contribution in [3.05, 3.63) is 11.9 Å². The average molecular weight is 344 g/mol. The van der Waals surface area contributed by atoms with Gasteiger partial charge in [0.2, 0.25) is 0 Å². The summed E-state index contributed by atoms with van der Waals surface area (Å²) in [4.78, 5) is 11.9. The first-order chi connectivity index (χ1) is 11.5. The number of hydrogen-bond donors (Lipinski definition) is 6. The number of hydrogen-bond acceptors (Lipinski definition) is 8. The van der Waals surface area contributed by atoms with Crippen molar-refractivity contribution >= 4 is 5.91 Å². The molecule has 0 aromatic carbocycles. The molecule has 2 heterocycles. The number of aryl methyl sites for hydroxylation is 1. The van der Waals surface area contributed by atoms with Crippen LogP contribution in [0, 0.1) is 0 Å². The van der Waals surface area contributed by atoms with E-state index in [2.05, 4.69) is 20.7 Å². The second-order valence-corrected chi connectivity index (χ2v) is 5.84. The Morgan fingerprint density at radius 2 is 1.88 bits per heavy atom. The molecule has 2 unspecified atom stereocenters. The minimum absolute atomic E-state index is 0.393. The first-order valence-electron chi connectivity index (χ1n) is 8.01. The highest BCUT2D eigenvalue weighted by atomic mass is 16.6. The van der Waals surface area contributed by atoms with E-state index in [1.165, 1.54) is 0 Å². The van der Waals surface area contributed by atoms with Gasteiger partial charge in [0.25, 0.3) is 5.91 Å². The topological polar surface area (TPSA) is 161 Å². The summed E-state index contributed by atoms with van der Waals surface area (Å²) < 4.78 is 4.85. The maximum absolute atomic E-state index is 11.9. The van der Waals surface area contributed by atoms with Crippen molar-refractivity contribution < 1.29 is 30.0 Å². The standard InChI is InChI=1S/C14H24N4O6/c19-9-10(20)12(24-14(23)11(9)21)13(22)15-6-4-2-1-3-5-8-7-16-18-17-8/h7,9-12,14,19-21,23H,1-6H2,(H,15,22)(H,16,17,18)/t9-,10-,11+,12?,14?/m0/s1. The lowest BCUT2D eigenvalue weighted by molar-refractivity contribution is -0.275. The maximum Gasteiger partial charge on any atom is 0.252 e. The number of carbonyl (C=O) groups excluding carboxylic acids is 1. The molecule has 6 N–H and O–H groups in total. The normalized spacial score (nSPS) is 30.2. The number of aliphatic hydroxyl groups excluding tert-OH is 4. The molecule has 5 atom stereocenters. The van der Waals surface area contributed by atoms with Gasteiger partial charge in [0.05, 0.1) is 5.69 Å². The number of carbonyl (C=O) groups is 1. The van der Waals surface area contributed by atoms with E-state index in [1.807, 2.05) is 0 Å². The molecule has 0 saturated carbocycles. The largest absolute Gasteiger partial charge is 0.387 e. The van der Waals surface area contributed by atoms with Crippen LogP contribution >= 0.6 is 0 Å². The van der Waals surface area contributed by atoms with Crippen LogP contribution in [0.15, 0.2) is 6.20 Å². The van der Waals surface area contributed by atoms with Gasteiger partial charge in [-0.1, -0.05) is 18.1 Å². The summed E-state index contributed by atoms with van der Waals surface area (Å²) in [5.41, 5.74) is 0.922. The molecule has 2 rings (SSSR count). The molecule has 1 amide bonds. The molecule has 0 radical (unpaired) electrons. The zero-order valence-corrected chi connectivity index (χ0v) is 13.2. The van der Waals surface area contributed by atoms with Gasteiger partial charge in [-0.2, -0.15) is 0 Å². The van der Waals surface area contributed by atoms with Crippen LogP contribution in [-0.4, -0.2) is 79.0 Å². The van der Waals surface area contributed by atoms with Crippen LogP contribution in [0.3, 0.4) is 0 Å². The quantitative estimate of drug-likeness (QED) is 0.290. The molecule has 0 spiro atoms. The first kappa shape index (κ1) is 18.7. The van der Waals surface area contributed by atoms with E-state index in [0.29, 0.717) is 6.54 Å². The summed E-state index contributed by atoms with van der Waals surface area (Å²) in [5, 5.41) is 50.8. The number of rotatable bonds is 8. The van der Waals surface area contributed by atoms with E-state index >= 15 is 0 Å². The minimum Gasteiger partial charge on any atom is -0.387 e. The van der Waals surface area contributed by atoms with Crippen molar-refractivity contribution in [2.45, 2.75) is 62.8 Å². The number of ether oxygens (including phenoxy) is 1. The van der Waals surface area contributed by atoms with E-state index in [4.69, 9.17) is 4.74 Å². The fourth-order valence-corrected chi connectivity index (χ4v) is 2.52. The van der Waals surface area contributed by atoms with Crippen molar-refractivity contribution in [1.82, 2.24) is 20.7 Å². The molecule has 1 saturated heterocycles. The fraction of sp³-hybridized carbons (Fsp3) is 0.786. The number of unbranched alkanes of at least 4 members (excludes halogenated alkanes) is 3. The SMILES string of the molecule is O=C(NCCCCCCc1c[nH]nn1)C1OC(O)[C@H](O)[C@@H](O)[C@@H]1O. The Kier molecular flexibility index (Phi) is 7.06. The molecule has 24 heavy (non-hydrogen) atoms. The zero-order valence-electron chi connectivity index (χ0n) is 13.2. The van der Waals surface area contributed by atoms with Crippen LogP contribution in [0.2, 0.25) is 0 Å². The molecule has 1 fully saturated rings. The van der Waals surface area contributed by atoms with Crippen molar-refractivity contribution in [3.8, 4) is 0 Å². The monoisotopic (exact) mass is 344 g/mol. The highest BCUT2D eigenvalue weighted by Gasteiger charge is 2.45. The number of aliphatic hydroxyl groups is 4. The Morgan fingerprint density at radius 1 is 1.12 bits per heavy atom. The third-order valence-electron chi connectivity index (χ3n) is 3.97. The summed E-state index contributed by atoms with van der Waals surface area (Å²) in [6, 6.07) is 0. The molecule has 10 heteroatoms. The molecule has 0 bridgehead atoms. The summed E-state index contributed by atoms with van der Waals surface area (Å²) >= 11 is 0. The number of H-pyrrole nitrogens is 1. The summed E-state index contributed by atoms with van der Waals surface area (Å²) in [7, 11) is 0. The van der Waals surface area contributed by atoms with Gasteiger partial charge in [0.1, 0.15) is 18.3 Å². The molecule has 0 aliphatic carbocycles. The van der Waals surface area contributed by atoms with Gasteiger partial charge in [-0.3, -0.25) is 9.89 Å². The van der Waals surface area contributed by atoms with Crippen molar-refractivity contribution in [3.63, 3.8) is 0 Å². The summed E-state index contributed by atoms with van der Waals surface area (Å²) in [5.74, 6) is -0.630. The van der Waals surface area contributed by atoms with Gasteiger partial charge in [-0.15, -0.1) is 5.10 Å². The van der Waals surface area contributed by atoms with E-state index in [1.54, 1.807) is 6.20 Å². The Morgan fingerprint density at radius 3 is 2.58 bits per heavy atom. The van der Waals surface area contributed by atoms with Crippen LogP contribution in [0.4, 0.5) is 0 Å². The number of nitrogens with zero attached hydrogens (tertiary/aromatic N) is 2. The third kappa shape index (κ3) is 4.95. The fourth-order valence-electron chi connectivity index (χ4n) is 2.52. The molecular weight excluding hydrogens is 320 g/mol. The summed E-state index contributed by atoms with van der Waals surface area (Å²) in [6.07, 6.45) is -1.77. The Bertz CT molecular complexity index is 499. The van der Waals surface area contributed by atoms with Gasteiger partial charge >= 0.3 is 0 Å². The van der Waals surface area contributed by atoms with E-state index in [-0.39, 0.29) is 0 Å². The van der Waals surface area contributed by atoms with E-state index < -0.39 is 36.6 Å². The maximum atomic E-state index is 11.9. The Balaban J connectivity index is 1.59. The second kappa shape index (κ2) is 9.04. The lowest BCUT2D eigenvalue weighted by Gasteiger charge is -2.37.